The molecule has 8 heteroatoms. The second kappa shape index (κ2) is 8.53. The van der Waals surface area contributed by atoms with Gasteiger partial charge in [-0.3, -0.25) is 0 Å². The normalized spacial score (nSPS) is 27.3. The van der Waals surface area contributed by atoms with Gasteiger partial charge >= 0.3 is 0 Å². The highest BCUT2D eigenvalue weighted by Crippen LogP contribution is 2.40. The van der Waals surface area contributed by atoms with Gasteiger partial charge in [0.25, 0.3) is 0 Å². The number of anilines is 1. The summed E-state index contributed by atoms with van der Waals surface area (Å²) in [6.45, 7) is 2.65. The van der Waals surface area contributed by atoms with E-state index in [-0.39, 0.29) is 0 Å². The number of ether oxygens (including phenoxy) is 1. The Morgan fingerprint density at radius 1 is 1.45 bits per heavy atom. The molecule has 1 aromatic carbocycles. The first-order valence-electron chi connectivity index (χ1n) is 11.1. The Morgan fingerprint density at radius 2 is 2.32 bits per heavy atom. The van der Waals surface area contributed by atoms with E-state index in [0.29, 0.717) is 59.4 Å². The van der Waals surface area contributed by atoms with Gasteiger partial charge < -0.3 is 20.3 Å². The minimum absolute atomic E-state index is 0.298. The summed E-state index contributed by atoms with van der Waals surface area (Å²) in [4.78, 5) is 6.84. The van der Waals surface area contributed by atoms with Gasteiger partial charge in [-0.2, -0.15) is 5.26 Å². The third kappa shape index (κ3) is 3.88. The summed E-state index contributed by atoms with van der Waals surface area (Å²) in [7, 11) is 2.11. The average molecular weight is 488 g/mol. The standard InChI is InChI=1S/C23H27BrFN5O/c1-30-7-3-5-15(30)12-31-19-10-17(28-22-14-9-18(22)27-11-14)16-8-13(4-2-6-26)20(24)21(25)23(16)29-19/h8,10,14-15,18,22,27H,2-5,7,9,11-12H2,1H3,(H,28,29). The molecule has 4 fully saturated rings. The summed E-state index contributed by atoms with van der Waals surface area (Å²) in [5.41, 5.74) is 1.94. The maximum absolute atomic E-state index is 15.4. The van der Waals surface area contributed by atoms with Crippen molar-refractivity contribution in [3.8, 4) is 11.9 Å². The zero-order valence-electron chi connectivity index (χ0n) is 17.6. The van der Waals surface area contributed by atoms with Crippen molar-refractivity contribution in [2.45, 2.75) is 50.2 Å². The van der Waals surface area contributed by atoms with Gasteiger partial charge in [0, 0.05) is 48.2 Å². The Bertz CT molecular complexity index is 1030. The zero-order valence-corrected chi connectivity index (χ0v) is 19.2. The fourth-order valence-electron chi connectivity index (χ4n) is 5.14. The van der Waals surface area contributed by atoms with E-state index in [9.17, 15) is 0 Å². The molecule has 4 aliphatic rings. The average Bonchev–Trinajstić information content (AvgIpc) is 3.50. The van der Waals surface area contributed by atoms with Crippen molar-refractivity contribution >= 4 is 32.5 Å². The van der Waals surface area contributed by atoms with E-state index in [1.807, 2.05) is 12.1 Å². The summed E-state index contributed by atoms with van der Waals surface area (Å²) in [5, 5.41) is 16.9. The minimum Gasteiger partial charge on any atom is -0.476 e. The Morgan fingerprint density at radius 3 is 3.00 bits per heavy atom. The van der Waals surface area contributed by atoms with Crippen LogP contribution in [0.2, 0.25) is 0 Å². The van der Waals surface area contributed by atoms with Crippen LogP contribution >= 0.6 is 15.9 Å². The van der Waals surface area contributed by atoms with Crippen molar-refractivity contribution in [1.82, 2.24) is 15.2 Å². The monoisotopic (exact) mass is 487 g/mol. The first-order chi connectivity index (χ1) is 15.0. The van der Waals surface area contributed by atoms with Crippen LogP contribution in [-0.2, 0) is 6.42 Å². The Balaban J connectivity index is 1.50. The Kier molecular flexibility index (Phi) is 5.76. The summed E-state index contributed by atoms with van der Waals surface area (Å²) >= 11 is 3.38. The Labute approximate surface area is 190 Å². The number of nitrogens with one attached hydrogen (secondary N) is 2. The van der Waals surface area contributed by atoms with E-state index in [1.165, 1.54) is 12.8 Å². The third-order valence-corrected chi connectivity index (χ3v) is 7.96. The lowest BCUT2D eigenvalue weighted by Gasteiger charge is -2.36. The molecule has 2 aromatic rings. The second-order valence-corrected chi connectivity index (χ2v) is 9.79. The van der Waals surface area contributed by atoms with Crippen LogP contribution in [0.25, 0.3) is 10.9 Å². The molecule has 1 aromatic heterocycles. The lowest BCUT2D eigenvalue weighted by Crippen LogP contribution is -2.47. The van der Waals surface area contributed by atoms with Gasteiger partial charge in [-0.1, -0.05) is 0 Å². The highest BCUT2D eigenvalue weighted by Gasteiger charge is 2.46. The summed E-state index contributed by atoms with van der Waals surface area (Å²) in [6, 6.07) is 7.18. The number of pyridine rings is 1. The summed E-state index contributed by atoms with van der Waals surface area (Å²) in [5.74, 6) is 0.653. The molecular weight excluding hydrogens is 461 g/mol. The van der Waals surface area contributed by atoms with Crippen LogP contribution in [0, 0.1) is 23.1 Å². The van der Waals surface area contributed by atoms with Crippen LogP contribution in [0.3, 0.4) is 0 Å². The van der Waals surface area contributed by atoms with E-state index < -0.39 is 5.82 Å². The lowest BCUT2D eigenvalue weighted by atomic mass is 9.80. The molecule has 4 heterocycles. The molecule has 0 amide bonds. The van der Waals surface area contributed by atoms with Crippen LogP contribution in [-0.4, -0.2) is 54.8 Å². The molecule has 4 atom stereocenters. The molecule has 0 radical (unpaired) electrons. The molecule has 1 saturated carbocycles. The van der Waals surface area contributed by atoms with Crippen LogP contribution in [0.1, 0.15) is 31.2 Å². The first kappa shape index (κ1) is 20.9. The predicted octanol–water partition coefficient (Wildman–Crippen LogP) is 3.84. The largest absolute Gasteiger partial charge is 0.476 e. The lowest BCUT2D eigenvalue weighted by molar-refractivity contribution is 0.193. The number of hydrogen-bond acceptors (Lipinski definition) is 6. The van der Waals surface area contributed by atoms with E-state index in [1.54, 1.807) is 0 Å². The number of fused-ring (bicyclic) bond motifs is 2. The number of halogens is 2. The SMILES string of the molecule is CN1CCCC1COc1cc(NC2C3CNC2C3)c2cc(CCC#N)c(Br)c(F)c2n1. The highest BCUT2D eigenvalue weighted by atomic mass is 79.9. The van der Waals surface area contributed by atoms with Crippen LogP contribution < -0.4 is 15.4 Å². The van der Waals surface area contributed by atoms with Crippen molar-refractivity contribution in [2.75, 3.05) is 32.1 Å². The highest BCUT2D eigenvalue weighted by molar-refractivity contribution is 9.10. The number of aromatic nitrogens is 1. The molecule has 3 saturated heterocycles. The fourth-order valence-corrected chi connectivity index (χ4v) is 5.64. The van der Waals surface area contributed by atoms with Crippen molar-refractivity contribution in [2.24, 2.45) is 5.92 Å². The maximum Gasteiger partial charge on any atom is 0.216 e. The van der Waals surface area contributed by atoms with Gasteiger partial charge in [0.05, 0.1) is 10.5 Å². The van der Waals surface area contributed by atoms with E-state index in [2.05, 4.69) is 49.6 Å². The van der Waals surface area contributed by atoms with E-state index in [0.717, 1.165) is 36.1 Å². The molecule has 2 bridgehead atoms. The van der Waals surface area contributed by atoms with Gasteiger partial charge in [-0.25, -0.2) is 9.37 Å². The van der Waals surface area contributed by atoms with Gasteiger partial charge in [0.2, 0.25) is 5.88 Å². The number of aryl methyl sites for hydroxylation is 1. The number of likely N-dealkylation sites (tertiary alicyclic amines) is 1. The topological polar surface area (TPSA) is 73.2 Å². The molecule has 2 N–H and O–H groups in total. The molecular formula is C23H27BrFN5O. The molecule has 0 spiro atoms. The summed E-state index contributed by atoms with van der Waals surface area (Å²) < 4.78 is 21.8. The van der Waals surface area contributed by atoms with Gasteiger partial charge in [-0.15, -0.1) is 0 Å². The molecule has 31 heavy (non-hydrogen) atoms. The first-order valence-corrected chi connectivity index (χ1v) is 11.9. The number of rotatable bonds is 7. The van der Waals surface area contributed by atoms with E-state index >= 15 is 4.39 Å². The molecule has 6 nitrogen and oxygen atoms in total. The summed E-state index contributed by atoms with van der Waals surface area (Å²) in [6.07, 6.45) is 4.30. The van der Waals surface area contributed by atoms with Crippen molar-refractivity contribution < 1.29 is 9.13 Å². The van der Waals surface area contributed by atoms with Crippen molar-refractivity contribution in [3.05, 3.63) is 28.0 Å². The van der Waals surface area contributed by atoms with Gasteiger partial charge in [-0.05, 0) is 72.8 Å². The van der Waals surface area contributed by atoms with Crippen LogP contribution in [0.15, 0.2) is 16.6 Å². The minimum atomic E-state index is -0.397. The Hall–Kier alpha value is -1.95. The van der Waals surface area contributed by atoms with Crippen molar-refractivity contribution in [3.63, 3.8) is 0 Å². The number of hydrogen-bond donors (Lipinski definition) is 2. The van der Waals surface area contributed by atoms with Gasteiger partial charge in [0.15, 0.2) is 5.82 Å². The van der Waals surface area contributed by atoms with Gasteiger partial charge in [0.1, 0.15) is 12.1 Å². The number of benzene rings is 1. The van der Waals surface area contributed by atoms with Crippen LogP contribution in [0.4, 0.5) is 10.1 Å². The molecule has 1 aliphatic carbocycles. The number of likely N-dealkylation sites (N-methyl/N-ethyl adjacent to an activating group) is 1. The number of nitrogens with zero attached hydrogens (tertiary/aromatic N) is 3. The quantitative estimate of drug-likeness (QED) is 0.617. The maximum atomic E-state index is 15.4. The predicted molar refractivity (Wildman–Crippen MR) is 122 cm³/mol. The molecule has 3 aliphatic heterocycles. The third-order valence-electron chi connectivity index (χ3n) is 7.10. The molecule has 6 rings (SSSR count). The number of nitriles is 1. The van der Waals surface area contributed by atoms with E-state index in [4.69, 9.17) is 10.00 Å². The second-order valence-electron chi connectivity index (χ2n) is 8.99. The fraction of sp³-hybridized carbons (Fsp3) is 0.565. The van der Waals surface area contributed by atoms with Crippen molar-refractivity contribution in [1.29, 1.82) is 5.26 Å². The van der Waals surface area contributed by atoms with Crippen LogP contribution in [0.5, 0.6) is 5.88 Å². The smallest absolute Gasteiger partial charge is 0.216 e. The molecule has 164 valence electrons. The molecule has 4 unspecified atom stereocenters. The zero-order chi connectivity index (χ0) is 21.5.